The molecule has 0 bridgehead atoms. The lowest BCUT2D eigenvalue weighted by molar-refractivity contribution is 0.111. The molecule has 0 fully saturated rings. The Hall–Kier alpha value is -3.87. The fraction of sp³-hybridized carbons (Fsp3) is 0.0476. The van der Waals surface area contributed by atoms with Crippen molar-refractivity contribution in [3.63, 3.8) is 0 Å². The monoisotopic (exact) mass is 375 g/mol. The Balaban J connectivity index is 1.57. The van der Waals surface area contributed by atoms with E-state index in [0.717, 1.165) is 5.56 Å². The van der Waals surface area contributed by atoms with Crippen molar-refractivity contribution >= 4 is 17.3 Å². The van der Waals surface area contributed by atoms with E-state index in [-0.39, 0.29) is 23.7 Å². The maximum atomic E-state index is 12.9. The third kappa shape index (κ3) is 3.64. The number of aldehydes is 1. The number of pyridine rings is 1. The summed E-state index contributed by atoms with van der Waals surface area (Å²) in [6.07, 6.45) is 3.63. The molecule has 28 heavy (non-hydrogen) atoms. The van der Waals surface area contributed by atoms with Gasteiger partial charge in [0.05, 0.1) is 22.9 Å². The zero-order chi connectivity index (χ0) is 19.5. The number of carbonyl (C=O) groups is 1. The quantitative estimate of drug-likeness (QED) is 0.500. The van der Waals surface area contributed by atoms with E-state index in [4.69, 9.17) is 4.74 Å². The zero-order valence-corrected chi connectivity index (χ0v) is 14.6. The van der Waals surface area contributed by atoms with Crippen LogP contribution >= 0.6 is 0 Å². The van der Waals surface area contributed by atoms with E-state index in [1.807, 2.05) is 0 Å². The van der Waals surface area contributed by atoms with E-state index in [1.165, 1.54) is 29.0 Å². The molecule has 0 atom stereocenters. The second-order valence-electron chi connectivity index (χ2n) is 6.07. The van der Waals surface area contributed by atoms with Crippen molar-refractivity contribution in [3.8, 4) is 11.4 Å². The molecule has 0 saturated heterocycles. The van der Waals surface area contributed by atoms with Crippen LogP contribution in [-0.4, -0.2) is 20.8 Å². The molecule has 0 amide bonds. The Morgan fingerprint density at radius 3 is 2.61 bits per heavy atom. The molecule has 0 unspecified atom stereocenters. The molecule has 0 spiro atoms. The predicted molar refractivity (Wildman–Crippen MR) is 101 cm³/mol. The SMILES string of the molecule is O=Cc1cnc2cc(-n3ccc(OCc4ccc(F)cc4)cc3=O)ccc2n1. The van der Waals surface area contributed by atoms with Gasteiger partial charge in [-0.05, 0) is 42.0 Å². The summed E-state index contributed by atoms with van der Waals surface area (Å²) in [5.74, 6) is 0.107. The molecule has 0 aliphatic rings. The molecule has 2 aromatic heterocycles. The van der Waals surface area contributed by atoms with Gasteiger partial charge in [-0.3, -0.25) is 19.1 Å². The number of benzene rings is 2. The third-order valence-electron chi connectivity index (χ3n) is 4.15. The van der Waals surface area contributed by atoms with Crippen molar-refractivity contribution < 1.29 is 13.9 Å². The van der Waals surface area contributed by atoms with Crippen LogP contribution < -0.4 is 10.3 Å². The number of aromatic nitrogens is 3. The third-order valence-corrected chi connectivity index (χ3v) is 4.15. The standard InChI is InChI=1S/C21H14FN3O3/c22-15-3-1-14(2-4-15)13-28-18-7-8-25(21(27)10-18)17-5-6-19-20(9-17)23-11-16(12-26)24-19/h1-12H,13H2. The van der Waals surface area contributed by atoms with Crippen LogP contribution in [0.25, 0.3) is 16.7 Å². The van der Waals surface area contributed by atoms with Crippen LogP contribution in [-0.2, 0) is 6.61 Å². The minimum absolute atomic E-state index is 0.231. The first-order valence-corrected chi connectivity index (χ1v) is 8.45. The Kier molecular flexibility index (Phi) is 4.63. The molecule has 4 aromatic rings. The van der Waals surface area contributed by atoms with Gasteiger partial charge >= 0.3 is 0 Å². The molecule has 0 saturated carbocycles. The van der Waals surface area contributed by atoms with Gasteiger partial charge in [0.2, 0.25) is 0 Å². The summed E-state index contributed by atoms with van der Waals surface area (Å²) in [4.78, 5) is 31.6. The molecule has 0 aliphatic carbocycles. The van der Waals surface area contributed by atoms with Crippen molar-refractivity contribution in [2.24, 2.45) is 0 Å². The first-order chi connectivity index (χ1) is 13.6. The van der Waals surface area contributed by atoms with E-state index < -0.39 is 0 Å². The minimum atomic E-state index is -0.311. The summed E-state index contributed by atoms with van der Waals surface area (Å²) in [6.45, 7) is 0.231. The summed E-state index contributed by atoms with van der Waals surface area (Å²) >= 11 is 0. The van der Waals surface area contributed by atoms with E-state index in [1.54, 1.807) is 42.6 Å². The van der Waals surface area contributed by atoms with Gasteiger partial charge in [0, 0.05) is 12.3 Å². The van der Waals surface area contributed by atoms with Gasteiger partial charge in [-0.15, -0.1) is 0 Å². The van der Waals surface area contributed by atoms with E-state index in [0.29, 0.717) is 28.8 Å². The number of ether oxygens (including phenoxy) is 1. The summed E-state index contributed by atoms with van der Waals surface area (Å²) in [6, 6.07) is 14.2. The van der Waals surface area contributed by atoms with Crippen molar-refractivity contribution in [2.75, 3.05) is 0 Å². The van der Waals surface area contributed by atoms with Crippen LogP contribution in [0.1, 0.15) is 16.1 Å². The Bertz CT molecular complexity index is 1220. The van der Waals surface area contributed by atoms with Crippen LogP contribution in [0.2, 0.25) is 0 Å². The van der Waals surface area contributed by atoms with E-state index in [2.05, 4.69) is 9.97 Å². The second-order valence-corrected chi connectivity index (χ2v) is 6.07. The zero-order valence-electron chi connectivity index (χ0n) is 14.6. The van der Waals surface area contributed by atoms with Gasteiger partial charge < -0.3 is 4.74 Å². The summed E-state index contributed by atoms with van der Waals surface area (Å²) in [5.41, 5.74) is 2.55. The number of carbonyl (C=O) groups excluding carboxylic acids is 1. The average molecular weight is 375 g/mol. The predicted octanol–water partition coefficient (Wildman–Crippen LogP) is 3.31. The Morgan fingerprint density at radius 1 is 1.04 bits per heavy atom. The van der Waals surface area contributed by atoms with Gasteiger partial charge in [-0.2, -0.15) is 0 Å². The first-order valence-electron chi connectivity index (χ1n) is 8.45. The van der Waals surface area contributed by atoms with E-state index >= 15 is 0 Å². The minimum Gasteiger partial charge on any atom is -0.489 e. The number of hydrogen-bond acceptors (Lipinski definition) is 5. The highest BCUT2D eigenvalue weighted by Crippen LogP contribution is 2.16. The summed E-state index contributed by atoms with van der Waals surface area (Å²) in [7, 11) is 0. The lowest BCUT2D eigenvalue weighted by Gasteiger charge is -2.09. The van der Waals surface area contributed by atoms with Crippen molar-refractivity contribution in [1.82, 2.24) is 14.5 Å². The fourth-order valence-corrected chi connectivity index (χ4v) is 2.73. The molecular weight excluding hydrogens is 361 g/mol. The lowest BCUT2D eigenvalue weighted by Crippen LogP contribution is -2.16. The van der Waals surface area contributed by atoms with E-state index in [9.17, 15) is 14.0 Å². The highest BCUT2D eigenvalue weighted by molar-refractivity contribution is 5.81. The highest BCUT2D eigenvalue weighted by Gasteiger charge is 2.06. The second kappa shape index (κ2) is 7.40. The maximum Gasteiger partial charge on any atom is 0.258 e. The van der Waals surface area contributed by atoms with Gasteiger partial charge in [-0.1, -0.05) is 12.1 Å². The van der Waals surface area contributed by atoms with Crippen LogP contribution in [0.4, 0.5) is 4.39 Å². The molecule has 4 rings (SSSR count). The van der Waals surface area contributed by atoms with Crippen LogP contribution in [0, 0.1) is 5.82 Å². The molecule has 2 aromatic carbocycles. The smallest absolute Gasteiger partial charge is 0.258 e. The topological polar surface area (TPSA) is 74.1 Å². The van der Waals surface area contributed by atoms with Crippen molar-refractivity contribution in [1.29, 1.82) is 0 Å². The molecule has 2 heterocycles. The normalized spacial score (nSPS) is 10.8. The Morgan fingerprint density at radius 2 is 1.86 bits per heavy atom. The summed E-state index contributed by atoms with van der Waals surface area (Å²) < 4.78 is 20.0. The number of fused-ring (bicyclic) bond motifs is 1. The number of nitrogens with zero attached hydrogens (tertiary/aromatic N) is 3. The molecule has 6 nitrogen and oxygen atoms in total. The Labute approximate surface area is 158 Å². The molecule has 0 radical (unpaired) electrons. The average Bonchev–Trinajstić information content (AvgIpc) is 2.72. The maximum absolute atomic E-state index is 12.9. The number of halogens is 1. The van der Waals surface area contributed by atoms with Crippen molar-refractivity contribution in [3.05, 3.63) is 94.4 Å². The van der Waals surface area contributed by atoms with Crippen LogP contribution in [0.15, 0.2) is 71.8 Å². The highest BCUT2D eigenvalue weighted by atomic mass is 19.1. The van der Waals surface area contributed by atoms with Gasteiger partial charge in [0.25, 0.3) is 5.56 Å². The van der Waals surface area contributed by atoms with Crippen molar-refractivity contribution in [2.45, 2.75) is 6.61 Å². The number of rotatable bonds is 5. The molecular formula is C21H14FN3O3. The number of hydrogen-bond donors (Lipinski definition) is 0. The molecule has 0 aliphatic heterocycles. The largest absolute Gasteiger partial charge is 0.489 e. The van der Waals surface area contributed by atoms with Gasteiger partial charge in [0.1, 0.15) is 23.9 Å². The fourth-order valence-electron chi connectivity index (χ4n) is 2.73. The van der Waals surface area contributed by atoms with Gasteiger partial charge in [0.15, 0.2) is 6.29 Å². The van der Waals surface area contributed by atoms with Crippen LogP contribution in [0.5, 0.6) is 5.75 Å². The van der Waals surface area contributed by atoms with Crippen LogP contribution in [0.3, 0.4) is 0 Å². The molecule has 138 valence electrons. The summed E-state index contributed by atoms with van der Waals surface area (Å²) in [5, 5.41) is 0. The van der Waals surface area contributed by atoms with Gasteiger partial charge in [-0.25, -0.2) is 9.37 Å². The lowest BCUT2D eigenvalue weighted by atomic mass is 10.2. The molecule has 0 N–H and O–H groups in total. The first kappa shape index (κ1) is 17.5. The molecule has 7 heteroatoms.